The van der Waals surface area contributed by atoms with Crippen molar-refractivity contribution in [3.05, 3.63) is 42.5 Å². The molecular formula is C16H25N3OP-. The lowest BCUT2D eigenvalue weighted by molar-refractivity contribution is -0.199. The summed E-state index contributed by atoms with van der Waals surface area (Å²) in [7, 11) is 3.33. The van der Waals surface area contributed by atoms with Crippen LogP contribution in [0.2, 0.25) is 0 Å². The Hall–Kier alpha value is -0.800. The van der Waals surface area contributed by atoms with Gasteiger partial charge in [-0.1, -0.05) is 12.8 Å². The molecule has 0 amide bonds. The zero-order chi connectivity index (χ0) is 15.0. The normalized spacial score (nSPS) is 34.0. The van der Waals surface area contributed by atoms with E-state index in [-0.39, 0.29) is 0 Å². The fraction of sp³-hybridized carbons (Fsp3) is 0.562. The predicted octanol–water partition coefficient (Wildman–Crippen LogP) is 2.36. The van der Waals surface area contributed by atoms with Crippen molar-refractivity contribution in [2.75, 3.05) is 21.1 Å². The van der Waals surface area contributed by atoms with Crippen LogP contribution < -0.4 is 4.89 Å². The topological polar surface area (TPSA) is 32.8 Å². The summed E-state index contributed by atoms with van der Waals surface area (Å²) in [5.41, 5.74) is 1.09. The van der Waals surface area contributed by atoms with E-state index in [2.05, 4.69) is 9.34 Å². The van der Waals surface area contributed by atoms with Crippen LogP contribution in [0.4, 0.5) is 0 Å². The van der Waals surface area contributed by atoms with Crippen molar-refractivity contribution in [3.63, 3.8) is 0 Å². The van der Waals surface area contributed by atoms with E-state index in [4.69, 9.17) is 0 Å². The first-order chi connectivity index (χ1) is 10.0. The van der Waals surface area contributed by atoms with Crippen LogP contribution in [-0.4, -0.2) is 47.2 Å². The Morgan fingerprint density at radius 2 is 1.86 bits per heavy atom. The summed E-state index contributed by atoms with van der Waals surface area (Å²) >= 11 is 0. The maximum atomic E-state index is 13.7. The number of fused-ring (bicyclic) bond motifs is 1. The molecule has 0 unspecified atom stereocenters. The van der Waals surface area contributed by atoms with Crippen LogP contribution in [0.15, 0.2) is 36.1 Å². The van der Waals surface area contributed by atoms with Gasteiger partial charge in [-0.15, -0.1) is 45.6 Å². The first-order valence-electron chi connectivity index (χ1n) is 7.75. The molecule has 116 valence electrons. The van der Waals surface area contributed by atoms with Crippen molar-refractivity contribution in [3.8, 4) is 0 Å². The molecule has 3 aliphatic rings. The smallest absolute Gasteiger partial charge is 0.200 e. The number of likely N-dealkylation sites (N-methyl/N-ethyl adjacent to an activating group) is 2. The number of nitrogens with zero attached hydrogens (tertiary/aromatic N) is 3. The minimum absolute atomic E-state index is 0.432. The first kappa shape index (κ1) is 15.1. The number of rotatable bonds is 2. The fourth-order valence-electron chi connectivity index (χ4n) is 3.85. The van der Waals surface area contributed by atoms with Crippen molar-refractivity contribution in [1.29, 1.82) is 0 Å². The Balaban J connectivity index is 1.85. The average molecular weight is 306 g/mol. The van der Waals surface area contributed by atoms with Gasteiger partial charge in [0.2, 0.25) is 0 Å². The van der Waals surface area contributed by atoms with Gasteiger partial charge >= 0.3 is 0 Å². The SMILES string of the molecule is CN(/C=C1\C=CC=C[CH-]1)[P+]1([O-])N(C)[C@@H]2CCCC[C@H]2N1C. The Morgan fingerprint density at radius 1 is 1.24 bits per heavy atom. The number of hydrogen-bond acceptors (Lipinski definition) is 4. The average Bonchev–Trinajstić information content (AvgIpc) is 2.72. The van der Waals surface area contributed by atoms with Crippen molar-refractivity contribution in [1.82, 2.24) is 14.0 Å². The highest BCUT2D eigenvalue weighted by Crippen LogP contribution is 2.66. The van der Waals surface area contributed by atoms with E-state index < -0.39 is 7.94 Å². The highest BCUT2D eigenvalue weighted by atomic mass is 31.2. The third kappa shape index (κ3) is 2.44. The molecule has 0 bridgehead atoms. The summed E-state index contributed by atoms with van der Waals surface area (Å²) in [5.74, 6) is 0. The van der Waals surface area contributed by atoms with E-state index in [1.165, 1.54) is 12.8 Å². The minimum Gasteiger partial charge on any atom is -0.632 e. The molecule has 5 heteroatoms. The number of hydrogen-bond donors (Lipinski definition) is 0. The molecular weight excluding hydrogens is 281 g/mol. The van der Waals surface area contributed by atoms with Gasteiger partial charge in [-0.05, 0) is 19.0 Å². The third-order valence-corrected chi connectivity index (χ3v) is 8.20. The van der Waals surface area contributed by atoms with Gasteiger partial charge in [0, 0.05) is 21.1 Å². The van der Waals surface area contributed by atoms with Gasteiger partial charge in [0.25, 0.3) is 0 Å². The molecule has 2 atom stereocenters. The van der Waals surface area contributed by atoms with Crippen LogP contribution in [0.25, 0.3) is 0 Å². The van der Waals surface area contributed by atoms with Crippen molar-refractivity contribution >= 4 is 7.94 Å². The van der Waals surface area contributed by atoms with Gasteiger partial charge in [-0.2, -0.15) is 0 Å². The lowest BCUT2D eigenvalue weighted by Gasteiger charge is -2.43. The van der Waals surface area contributed by atoms with Gasteiger partial charge in [-0.25, -0.2) is 0 Å². The van der Waals surface area contributed by atoms with Crippen LogP contribution >= 0.6 is 7.94 Å². The molecule has 21 heavy (non-hydrogen) atoms. The quantitative estimate of drug-likeness (QED) is 0.579. The molecule has 1 heterocycles. The van der Waals surface area contributed by atoms with Crippen molar-refractivity contribution in [2.45, 2.75) is 37.8 Å². The van der Waals surface area contributed by atoms with E-state index in [1.807, 2.05) is 62.7 Å². The van der Waals surface area contributed by atoms with Crippen LogP contribution in [0.5, 0.6) is 0 Å². The molecule has 0 aromatic rings. The summed E-state index contributed by atoms with van der Waals surface area (Å²) < 4.78 is 6.20. The number of allylic oxidation sites excluding steroid dienone is 5. The standard InChI is InChI=1S/C16H25N3OP/c1-17(13-14-9-5-4-6-10-14)21(20)18(2)15-11-7-8-12-16(15)19(21)3/h4-6,9-10,13,15-16H,7-8,11-12H2,1-3H3/q-1/t15-,16-/m1/s1. The van der Waals surface area contributed by atoms with E-state index in [0.717, 1.165) is 18.4 Å². The summed E-state index contributed by atoms with van der Waals surface area (Å²) in [6.07, 6.45) is 17.0. The molecule has 0 spiro atoms. The Morgan fingerprint density at radius 3 is 2.38 bits per heavy atom. The summed E-state index contributed by atoms with van der Waals surface area (Å²) in [5, 5.41) is 0. The molecule has 0 aromatic heterocycles. The van der Waals surface area contributed by atoms with E-state index in [1.54, 1.807) is 0 Å². The lowest BCUT2D eigenvalue weighted by atomic mass is 9.91. The zero-order valence-electron chi connectivity index (χ0n) is 13.1. The monoisotopic (exact) mass is 306 g/mol. The second-order valence-corrected chi connectivity index (χ2v) is 9.11. The molecule has 4 nitrogen and oxygen atoms in total. The Bertz CT molecular complexity index is 470. The zero-order valence-corrected chi connectivity index (χ0v) is 14.0. The fourth-order valence-corrected chi connectivity index (χ4v) is 6.78. The molecule has 0 aromatic carbocycles. The molecule has 1 aliphatic heterocycles. The largest absolute Gasteiger partial charge is 0.632 e. The van der Waals surface area contributed by atoms with E-state index in [0.29, 0.717) is 12.1 Å². The third-order valence-electron chi connectivity index (χ3n) is 5.02. The summed E-state index contributed by atoms with van der Waals surface area (Å²) in [6.45, 7) is 0. The summed E-state index contributed by atoms with van der Waals surface area (Å²) in [4.78, 5) is 13.7. The lowest BCUT2D eigenvalue weighted by Crippen LogP contribution is -2.40. The van der Waals surface area contributed by atoms with Crippen LogP contribution in [0, 0.1) is 6.42 Å². The second-order valence-electron chi connectivity index (χ2n) is 6.19. The van der Waals surface area contributed by atoms with Crippen LogP contribution in [0.1, 0.15) is 25.7 Å². The highest BCUT2D eigenvalue weighted by Gasteiger charge is 2.57. The molecule has 1 saturated heterocycles. The Labute approximate surface area is 129 Å². The van der Waals surface area contributed by atoms with E-state index >= 15 is 0 Å². The van der Waals surface area contributed by atoms with Crippen molar-refractivity contribution < 1.29 is 4.89 Å². The second kappa shape index (κ2) is 5.77. The van der Waals surface area contributed by atoms with Gasteiger partial charge in [0.15, 0.2) is 7.94 Å². The van der Waals surface area contributed by atoms with Crippen molar-refractivity contribution in [2.24, 2.45) is 0 Å². The molecule has 2 fully saturated rings. The van der Waals surface area contributed by atoms with Crippen LogP contribution in [0.3, 0.4) is 0 Å². The van der Waals surface area contributed by atoms with Gasteiger partial charge in [0.05, 0.1) is 12.1 Å². The van der Waals surface area contributed by atoms with Crippen LogP contribution in [-0.2, 0) is 0 Å². The van der Waals surface area contributed by atoms with Gasteiger partial charge in [0.1, 0.15) is 0 Å². The first-order valence-corrected chi connectivity index (χ1v) is 9.31. The molecule has 1 saturated carbocycles. The maximum absolute atomic E-state index is 13.7. The predicted molar refractivity (Wildman–Crippen MR) is 86.9 cm³/mol. The highest BCUT2D eigenvalue weighted by molar-refractivity contribution is 7.62. The molecule has 0 N–H and O–H groups in total. The molecule has 3 rings (SSSR count). The van der Waals surface area contributed by atoms with Gasteiger partial charge in [-0.3, -0.25) is 4.67 Å². The van der Waals surface area contributed by atoms with E-state index in [9.17, 15) is 4.89 Å². The Kier molecular flexibility index (Phi) is 4.15. The molecule has 2 aliphatic carbocycles. The maximum Gasteiger partial charge on any atom is 0.200 e. The minimum atomic E-state index is -2.67. The van der Waals surface area contributed by atoms with Gasteiger partial charge < -0.3 is 4.89 Å². The molecule has 0 radical (unpaired) electrons. The summed E-state index contributed by atoms with van der Waals surface area (Å²) in [6, 6.07) is 0.863.